The van der Waals surface area contributed by atoms with Crippen molar-refractivity contribution in [3.05, 3.63) is 23.3 Å². The average Bonchev–Trinajstić information content (AvgIpc) is 2.13. The van der Waals surface area contributed by atoms with Gasteiger partial charge in [0.05, 0.1) is 4.90 Å². The van der Waals surface area contributed by atoms with Crippen molar-refractivity contribution in [2.45, 2.75) is 38.5 Å². The minimum absolute atomic E-state index is 0.0854. The molecule has 18 heavy (non-hydrogen) atoms. The summed E-state index contributed by atoms with van der Waals surface area (Å²) in [4.78, 5) is 11.6. The minimum atomic E-state index is -3.76. The second kappa shape index (κ2) is 5.71. The lowest BCUT2D eigenvalue weighted by molar-refractivity contribution is -0.116. The second-order valence-corrected chi connectivity index (χ2v) is 6.68. The Labute approximate surface area is 112 Å². The van der Waals surface area contributed by atoms with Crippen LogP contribution in [0.4, 0.5) is 5.69 Å². The molecule has 1 N–H and O–H groups in total. The molecule has 1 amide bonds. The van der Waals surface area contributed by atoms with Crippen molar-refractivity contribution in [2.24, 2.45) is 0 Å². The molecule has 0 radical (unpaired) electrons. The van der Waals surface area contributed by atoms with Crippen LogP contribution in [0.5, 0.6) is 0 Å². The highest BCUT2D eigenvalue weighted by molar-refractivity contribution is 8.13. The Kier molecular flexibility index (Phi) is 4.76. The number of halogens is 1. The zero-order valence-corrected chi connectivity index (χ0v) is 12.2. The van der Waals surface area contributed by atoms with Crippen LogP contribution in [-0.2, 0) is 13.8 Å². The number of nitrogens with one attached hydrogen (secondary N) is 1. The van der Waals surface area contributed by atoms with Gasteiger partial charge in [-0.3, -0.25) is 4.79 Å². The largest absolute Gasteiger partial charge is 0.326 e. The van der Waals surface area contributed by atoms with Gasteiger partial charge in [-0.05, 0) is 43.5 Å². The lowest BCUT2D eigenvalue weighted by Gasteiger charge is -2.11. The number of rotatable bonds is 4. The van der Waals surface area contributed by atoms with Crippen molar-refractivity contribution in [1.29, 1.82) is 0 Å². The van der Waals surface area contributed by atoms with Gasteiger partial charge in [0, 0.05) is 22.8 Å². The summed E-state index contributed by atoms with van der Waals surface area (Å²) < 4.78 is 22.8. The zero-order valence-electron chi connectivity index (χ0n) is 10.6. The van der Waals surface area contributed by atoms with Crippen molar-refractivity contribution in [1.82, 2.24) is 0 Å². The second-order valence-electron chi connectivity index (χ2n) is 4.18. The summed E-state index contributed by atoms with van der Waals surface area (Å²) in [5.74, 6) is -0.0854. The van der Waals surface area contributed by atoms with Gasteiger partial charge in [0.25, 0.3) is 9.05 Å². The first-order valence-corrected chi connectivity index (χ1v) is 7.92. The Hall–Kier alpha value is -1.07. The van der Waals surface area contributed by atoms with Gasteiger partial charge < -0.3 is 5.32 Å². The molecule has 0 atom stereocenters. The van der Waals surface area contributed by atoms with Crippen LogP contribution in [0.2, 0.25) is 0 Å². The van der Waals surface area contributed by atoms with Crippen LogP contribution < -0.4 is 5.32 Å². The average molecular weight is 290 g/mol. The lowest BCUT2D eigenvalue weighted by Crippen LogP contribution is -2.11. The molecule has 0 unspecified atom stereocenters. The number of carbonyl (C=O) groups excluding carboxylic acids is 1. The molecule has 4 nitrogen and oxygen atoms in total. The van der Waals surface area contributed by atoms with E-state index in [0.29, 0.717) is 23.2 Å². The first-order chi connectivity index (χ1) is 8.25. The molecule has 1 aromatic carbocycles. The van der Waals surface area contributed by atoms with Crippen molar-refractivity contribution in [2.75, 3.05) is 5.32 Å². The molecule has 0 fully saturated rings. The molecular weight excluding hydrogens is 274 g/mol. The highest BCUT2D eigenvalue weighted by Crippen LogP contribution is 2.27. The van der Waals surface area contributed by atoms with E-state index < -0.39 is 9.05 Å². The first kappa shape index (κ1) is 15.0. The summed E-state index contributed by atoms with van der Waals surface area (Å²) in [5, 5.41) is 2.73. The summed E-state index contributed by atoms with van der Waals surface area (Å²) >= 11 is 0. The molecule has 0 aliphatic rings. The smallest absolute Gasteiger partial charge is 0.261 e. The van der Waals surface area contributed by atoms with E-state index in [-0.39, 0.29) is 10.8 Å². The number of hydrogen-bond donors (Lipinski definition) is 1. The van der Waals surface area contributed by atoms with E-state index in [2.05, 4.69) is 5.32 Å². The molecular formula is C12H16ClNO3S. The number of hydrogen-bond acceptors (Lipinski definition) is 3. The van der Waals surface area contributed by atoms with Crippen LogP contribution in [-0.4, -0.2) is 14.3 Å². The maximum atomic E-state index is 11.5. The lowest BCUT2D eigenvalue weighted by atomic mass is 10.1. The van der Waals surface area contributed by atoms with E-state index in [9.17, 15) is 13.2 Å². The Bertz CT molecular complexity index is 544. The molecule has 0 aliphatic carbocycles. The third kappa shape index (κ3) is 3.71. The van der Waals surface area contributed by atoms with E-state index in [4.69, 9.17) is 10.7 Å². The van der Waals surface area contributed by atoms with E-state index >= 15 is 0 Å². The van der Waals surface area contributed by atoms with Crippen LogP contribution in [0, 0.1) is 13.8 Å². The van der Waals surface area contributed by atoms with Gasteiger partial charge in [0.15, 0.2) is 0 Å². The zero-order chi connectivity index (χ0) is 13.9. The van der Waals surface area contributed by atoms with Gasteiger partial charge in [-0.1, -0.05) is 6.92 Å². The summed E-state index contributed by atoms with van der Waals surface area (Å²) in [7, 11) is 1.60. The normalized spacial score (nSPS) is 11.3. The highest BCUT2D eigenvalue weighted by Gasteiger charge is 2.17. The fourth-order valence-electron chi connectivity index (χ4n) is 1.86. The van der Waals surface area contributed by atoms with Crippen molar-refractivity contribution in [3.63, 3.8) is 0 Å². The molecule has 0 saturated heterocycles. The van der Waals surface area contributed by atoms with E-state index in [1.54, 1.807) is 26.0 Å². The van der Waals surface area contributed by atoms with Crippen molar-refractivity contribution >= 4 is 31.3 Å². The van der Waals surface area contributed by atoms with Gasteiger partial charge in [0.1, 0.15) is 0 Å². The number of amides is 1. The van der Waals surface area contributed by atoms with E-state index in [0.717, 1.165) is 6.42 Å². The van der Waals surface area contributed by atoms with Crippen LogP contribution in [0.15, 0.2) is 17.0 Å². The summed E-state index contributed by atoms with van der Waals surface area (Å²) in [5.41, 5.74) is 1.64. The molecule has 0 bridgehead atoms. The van der Waals surface area contributed by atoms with E-state index in [1.807, 2.05) is 6.92 Å². The molecule has 1 rings (SSSR count). The maximum Gasteiger partial charge on any atom is 0.261 e. The molecule has 0 heterocycles. The molecule has 100 valence electrons. The van der Waals surface area contributed by atoms with Crippen LogP contribution in [0.3, 0.4) is 0 Å². The first-order valence-electron chi connectivity index (χ1n) is 5.61. The highest BCUT2D eigenvalue weighted by atomic mass is 35.7. The molecule has 0 aliphatic heterocycles. The molecule has 0 saturated carbocycles. The fraction of sp³-hybridized carbons (Fsp3) is 0.417. The quantitative estimate of drug-likeness (QED) is 0.867. The summed E-state index contributed by atoms with van der Waals surface area (Å²) in [6.07, 6.45) is 1.20. The Morgan fingerprint density at radius 1 is 1.28 bits per heavy atom. The van der Waals surface area contributed by atoms with Gasteiger partial charge in [-0.2, -0.15) is 0 Å². The van der Waals surface area contributed by atoms with Crippen molar-refractivity contribution < 1.29 is 13.2 Å². The number of carbonyl (C=O) groups is 1. The monoisotopic (exact) mass is 289 g/mol. The summed E-state index contributed by atoms with van der Waals surface area (Å²) in [6.45, 7) is 5.22. The van der Waals surface area contributed by atoms with E-state index in [1.165, 1.54) is 0 Å². The summed E-state index contributed by atoms with van der Waals surface area (Å²) in [6, 6.07) is 3.21. The van der Waals surface area contributed by atoms with Gasteiger partial charge >= 0.3 is 0 Å². The third-order valence-electron chi connectivity index (χ3n) is 2.46. The predicted molar refractivity (Wildman–Crippen MR) is 72.5 cm³/mol. The third-order valence-corrected chi connectivity index (χ3v) is 4.06. The molecule has 0 aromatic heterocycles. The van der Waals surface area contributed by atoms with Crippen LogP contribution in [0.25, 0.3) is 0 Å². The van der Waals surface area contributed by atoms with Crippen LogP contribution in [0.1, 0.15) is 30.9 Å². The Morgan fingerprint density at radius 2 is 1.78 bits per heavy atom. The predicted octanol–water partition coefficient (Wildman–Crippen LogP) is 2.97. The molecule has 0 spiro atoms. The fourth-order valence-corrected chi connectivity index (χ4v) is 3.47. The molecule has 1 aromatic rings. The van der Waals surface area contributed by atoms with Gasteiger partial charge in [-0.25, -0.2) is 8.42 Å². The van der Waals surface area contributed by atoms with Crippen LogP contribution >= 0.6 is 10.7 Å². The SMILES string of the molecule is CCCC(=O)Nc1cc(C)c(S(=O)(=O)Cl)c(C)c1. The Morgan fingerprint density at radius 3 is 2.17 bits per heavy atom. The number of aryl methyl sites for hydroxylation is 2. The maximum absolute atomic E-state index is 11.5. The minimum Gasteiger partial charge on any atom is -0.326 e. The standard InChI is InChI=1S/C12H16ClNO3S/c1-4-5-11(15)14-10-6-8(2)12(9(3)7-10)18(13,16)17/h6-7H,4-5H2,1-3H3,(H,14,15). The molecule has 6 heteroatoms. The van der Waals surface area contributed by atoms with Gasteiger partial charge in [0.2, 0.25) is 5.91 Å². The number of benzene rings is 1. The topological polar surface area (TPSA) is 63.2 Å². The van der Waals surface area contributed by atoms with Crippen molar-refractivity contribution in [3.8, 4) is 0 Å². The number of anilines is 1. The Balaban J connectivity index is 3.12. The van der Waals surface area contributed by atoms with Gasteiger partial charge in [-0.15, -0.1) is 0 Å².